The molecule has 0 aliphatic heterocycles. The Bertz CT molecular complexity index is 347. The van der Waals surface area contributed by atoms with Gasteiger partial charge in [0.15, 0.2) is 0 Å². The zero-order valence-corrected chi connectivity index (χ0v) is 9.10. The van der Waals surface area contributed by atoms with Gasteiger partial charge in [0.05, 0.1) is 0 Å². The molecule has 1 aromatic rings. The van der Waals surface area contributed by atoms with Crippen LogP contribution >= 0.6 is 0 Å². The van der Waals surface area contributed by atoms with E-state index in [1.807, 2.05) is 6.07 Å². The average Bonchev–Trinajstić information content (AvgIpc) is 2.45. The van der Waals surface area contributed by atoms with E-state index in [4.69, 9.17) is 0 Å². The molecule has 1 aliphatic carbocycles. The Morgan fingerprint density at radius 2 is 1.79 bits per heavy atom. The Balaban J connectivity index is 2.26. The van der Waals surface area contributed by atoms with Crippen LogP contribution in [-0.4, -0.2) is 0 Å². The SMILES string of the molecule is CC(C)(C)C1Cc2ccc(F)cc2C1. The van der Waals surface area contributed by atoms with E-state index in [0.717, 1.165) is 12.8 Å². The number of fused-ring (bicyclic) bond motifs is 1. The third-order valence-corrected chi connectivity index (χ3v) is 3.33. The maximum atomic E-state index is 13.0. The van der Waals surface area contributed by atoms with E-state index in [2.05, 4.69) is 20.8 Å². The standard InChI is InChI=1S/C13H17F/c1-13(2,3)11-6-9-4-5-12(14)8-10(9)7-11/h4-5,8,11H,6-7H2,1-3H3. The maximum Gasteiger partial charge on any atom is 0.123 e. The predicted octanol–water partition coefficient (Wildman–Crippen LogP) is 3.59. The summed E-state index contributed by atoms with van der Waals surface area (Å²) in [5.74, 6) is 0.567. The highest BCUT2D eigenvalue weighted by Gasteiger charge is 2.30. The van der Waals surface area contributed by atoms with E-state index in [0.29, 0.717) is 11.3 Å². The van der Waals surface area contributed by atoms with Gasteiger partial charge in [0.2, 0.25) is 0 Å². The molecular formula is C13H17F. The molecule has 2 rings (SSSR count). The van der Waals surface area contributed by atoms with Crippen LogP contribution in [0, 0.1) is 17.2 Å². The van der Waals surface area contributed by atoms with Gasteiger partial charge in [0.1, 0.15) is 5.82 Å². The molecule has 0 nitrogen and oxygen atoms in total. The second-order valence-electron chi connectivity index (χ2n) is 5.38. The summed E-state index contributed by atoms with van der Waals surface area (Å²) in [6, 6.07) is 5.21. The van der Waals surface area contributed by atoms with Crippen LogP contribution in [0.15, 0.2) is 18.2 Å². The highest BCUT2D eigenvalue weighted by Crippen LogP contribution is 2.38. The fourth-order valence-corrected chi connectivity index (χ4v) is 2.20. The molecule has 0 bridgehead atoms. The zero-order valence-electron chi connectivity index (χ0n) is 9.10. The summed E-state index contributed by atoms with van der Waals surface area (Å²) in [5, 5.41) is 0. The van der Waals surface area contributed by atoms with Gasteiger partial charge in [-0.05, 0) is 47.4 Å². The Labute approximate surface area is 85.1 Å². The summed E-state index contributed by atoms with van der Waals surface area (Å²) < 4.78 is 13.0. The first-order chi connectivity index (χ1) is 6.47. The molecule has 0 fully saturated rings. The molecule has 0 saturated heterocycles. The Hall–Kier alpha value is -0.850. The Morgan fingerprint density at radius 1 is 1.14 bits per heavy atom. The Morgan fingerprint density at radius 3 is 2.43 bits per heavy atom. The van der Waals surface area contributed by atoms with Crippen LogP contribution in [0.1, 0.15) is 31.9 Å². The third kappa shape index (κ3) is 1.68. The molecule has 0 N–H and O–H groups in total. The van der Waals surface area contributed by atoms with E-state index in [-0.39, 0.29) is 5.82 Å². The third-order valence-electron chi connectivity index (χ3n) is 3.33. The van der Waals surface area contributed by atoms with Gasteiger partial charge < -0.3 is 0 Å². The van der Waals surface area contributed by atoms with Crippen molar-refractivity contribution in [2.45, 2.75) is 33.6 Å². The van der Waals surface area contributed by atoms with Crippen molar-refractivity contribution in [3.05, 3.63) is 35.1 Å². The lowest BCUT2D eigenvalue weighted by molar-refractivity contribution is 0.251. The van der Waals surface area contributed by atoms with Gasteiger partial charge in [-0.25, -0.2) is 4.39 Å². The second-order valence-corrected chi connectivity index (χ2v) is 5.38. The molecule has 0 radical (unpaired) electrons. The van der Waals surface area contributed by atoms with E-state index < -0.39 is 0 Å². The zero-order chi connectivity index (χ0) is 10.3. The predicted molar refractivity (Wildman–Crippen MR) is 56.8 cm³/mol. The quantitative estimate of drug-likeness (QED) is 0.589. The molecule has 76 valence electrons. The first-order valence-electron chi connectivity index (χ1n) is 5.24. The molecule has 0 amide bonds. The number of benzene rings is 1. The van der Waals surface area contributed by atoms with Crippen molar-refractivity contribution in [2.75, 3.05) is 0 Å². The second kappa shape index (κ2) is 3.08. The molecule has 0 spiro atoms. The minimum Gasteiger partial charge on any atom is -0.207 e. The maximum absolute atomic E-state index is 13.0. The lowest BCUT2D eigenvalue weighted by Crippen LogP contribution is -2.20. The Kier molecular flexibility index (Phi) is 2.13. The molecule has 0 saturated carbocycles. The number of hydrogen-bond acceptors (Lipinski definition) is 0. The summed E-state index contributed by atoms with van der Waals surface area (Å²) in [6.45, 7) is 6.79. The van der Waals surface area contributed by atoms with Gasteiger partial charge in [-0.1, -0.05) is 26.8 Å². The van der Waals surface area contributed by atoms with E-state index in [1.165, 1.54) is 11.1 Å². The number of rotatable bonds is 0. The molecule has 1 aromatic carbocycles. The van der Waals surface area contributed by atoms with Gasteiger partial charge in [-0.3, -0.25) is 0 Å². The minimum atomic E-state index is -0.0988. The highest BCUT2D eigenvalue weighted by molar-refractivity contribution is 5.33. The van der Waals surface area contributed by atoms with E-state index in [1.54, 1.807) is 12.1 Å². The molecular weight excluding hydrogens is 175 g/mol. The van der Waals surface area contributed by atoms with Crippen LogP contribution in [0.25, 0.3) is 0 Å². The fourth-order valence-electron chi connectivity index (χ4n) is 2.20. The molecule has 1 unspecified atom stereocenters. The van der Waals surface area contributed by atoms with Gasteiger partial charge in [-0.2, -0.15) is 0 Å². The smallest absolute Gasteiger partial charge is 0.123 e. The van der Waals surface area contributed by atoms with Crippen LogP contribution in [-0.2, 0) is 12.8 Å². The largest absolute Gasteiger partial charge is 0.207 e. The van der Waals surface area contributed by atoms with Gasteiger partial charge in [-0.15, -0.1) is 0 Å². The number of halogens is 1. The number of hydrogen-bond donors (Lipinski definition) is 0. The van der Waals surface area contributed by atoms with Crippen LogP contribution in [0.3, 0.4) is 0 Å². The fraction of sp³-hybridized carbons (Fsp3) is 0.538. The molecule has 1 atom stereocenters. The monoisotopic (exact) mass is 192 g/mol. The van der Waals surface area contributed by atoms with Gasteiger partial charge in [0, 0.05) is 0 Å². The van der Waals surface area contributed by atoms with Crippen molar-refractivity contribution < 1.29 is 4.39 Å². The molecule has 14 heavy (non-hydrogen) atoms. The summed E-state index contributed by atoms with van der Waals surface area (Å²) in [5.41, 5.74) is 2.88. The van der Waals surface area contributed by atoms with Crippen molar-refractivity contribution >= 4 is 0 Å². The van der Waals surface area contributed by atoms with Crippen LogP contribution in [0.2, 0.25) is 0 Å². The van der Waals surface area contributed by atoms with Crippen molar-refractivity contribution in [3.63, 3.8) is 0 Å². The lowest BCUT2D eigenvalue weighted by Gasteiger charge is -2.26. The summed E-state index contributed by atoms with van der Waals surface area (Å²) in [6.07, 6.45) is 2.15. The minimum absolute atomic E-state index is 0.0988. The van der Waals surface area contributed by atoms with E-state index in [9.17, 15) is 4.39 Å². The van der Waals surface area contributed by atoms with Crippen molar-refractivity contribution in [1.82, 2.24) is 0 Å². The molecule has 0 heterocycles. The average molecular weight is 192 g/mol. The summed E-state index contributed by atoms with van der Waals surface area (Å²) >= 11 is 0. The molecule has 1 heteroatoms. The molecule has 0 aromatic heterocycles. The lowest BCUT2D eigenvalue weighted by atomic mass is 9.79. The van der Waals surface area contributed by atoms with E-state index >= 15 is 0 Å². The first-order valence-corrected chi connectivity index (χ1v) is 5.24. The first kappa shape index (κ1) is 9.70. The van der Waals surface area contributed by atoms with Crippen molar-refractivity contribution in [1.29, 1.82) is 0 Å². The topological polar surface area (TPSA) is 0 Å². The van der Waals surface area contributed by atoms with Crippen molar-refractivity contribution in [2.24, 2.45) is 11.3 Å². The van der Waals surface area contributed by atoms with Crippen LogP contribution < -0.4 is 0 Å². The molecule has 1 aliphatic rings. The van der Waals surface area contributed by atoms with Crippen molar-refractivity contribution in [3.8, 4) is 0 Å². The van der Waals surface area contributed by atoms with Gasteiger partial charge >= 0.3 is 0 Å². The summed E-state index contributed by atoms with van der Waals surface area (Å²) in [7, 11) is 0. The van der Waals surface area contributed by atoms with Crippen LogP contribution in [0.4, 0.5) is 4.39 Å². The summed E-state index contributed by atoms with van der Waals surface area (Å²) in [4.78, 5) is 0. The van der Waals surface area contributed by atoms with Crippen LogP contribution in [0.5, 0.6) is 0 Å². The normalized spacial score (nSPS) is 21.0. The highest BCUT2D eigenvalue weighted by atomic mass is 19.1. The van der Waals surface area contributed by atoms with Gasteiger partial charge in [0.25, 0.3) is 0 Å².